The van der Waals surface area contributed by atoms with Crippen molar-refractivity contribution in [3.63, 3.8) is 0 Å². The zero-order valence-electron chi connectivity index (χ0n) is 21.5. The molecule has 0 aliphatic carbocycles. The second kappa shape index (κ2) is 10.7. The summed E-state index contributed by atoms with van der Waals surface area (Å²) < 4.78 is 5.25. The van der Waals surface area contributed by atoms with Crippen LogP contribution in [0.2, 0.25) is 0 Å². The summed E-state index contributed by atoms with van der Waals surface area (Å²) in [4.78, 5) is 40.8. The Morgan fingerprint density at radius 1 is 0.912 bits per heavy atom. The number of aryl methyl sites for hydroxylation is 2. The molecule has 0 radical (unpaired) electrons. The van der Waals surface area contributed by atoms with Gasteiger partial charge in [0.2, 0.25) is 5.91 Å². The first-order chi connectivity index (χ1) is 15.7. The van der Waals surface area contributed by atoms with Crippen LogP contribution in [0.1, 0.15) is 64.3 Å². The molecule has 34 heavy (non-hydrogen) atoms. The number of amides is 3. The summed E-state index contributed by atoms with van der Waals surface area (Å²) >= 11 is 0. The molecular formula is C27H37N3O4. The molecule has 3 amide bonds. The van der Waals surface area contributed by atoms with E-state index in [1.807, 2.05) is 83.1 Å². The van der Waals surface area contributed by atoms with Gasteiger partial charge in [0, 0.05) is 11.2 Å². The second-order valence-electron chi connectivity index (χ2n) is 10.4. The second-order valence-corrected chi connectivity index (χ2v) is 10.4. The van der Waals surface area contributed by atoms with Crippen molar-refractivity contribution in [1.82, 2.24) is 10.2 Å². The number of rotatable bonds is 6. The third-order valence-electron chi connectivity index (χ3n) is 5.08. The number of para-hydroxylation sites is 1. The van der Waals surface area contributed by atoms with Gasteiger partial charge in [0.15, 0.2) is 0 Å². The Morgan fingerprint density at radius 2 is 1.50 bits per heavy atom. The van der Waals surface area contributed by atoms with E-state index in [4.69, 9.17) is 4.74 Å². The Bertz CT molecular complexity index is 1020. The maximum atomic E-state index is 13.7. The third kappa shape index (κ3) is 7.61. The molecule has 0 aliphatic heterocycles. The van der Waals surface area contributed by atoms with E-state index in [1.165, 1.54) is 4.90 Å². The number of carbonyl (C=O) groups excluding carboxylic acids is 3. The molecule has 1 atom stereocenters. The van der Waals surface area contributed by atoms with Gasteiger partial charge in [-0.1, -0.05) is 48.0 Å². The number of carbonyl (C=O) groups is 3. The first-order valence-corrected chi connectivity index (χ1v) is 11.4. The lowest BCUT2D eigenvalue weighted by atomic mass is 9.96. The minimum atomic E-state index is -0.909. The minimum Gasteiger partial charge on any atom is -0.444 e. The van der Waals surface area contributed by atoms with E-state index in [0.29, 0.717) is 11.3 Å². The van der Waals surface area contributed by atoms with Crippen LogP contribution in [-0.2, 0) is 14.3 Å². The van der Waals surface area contributed by atoms with Crippen LogP contribution < -0.4 is 10.6 Å². The Hall–Kier alpha value is -3.35. The molecule has 2 aromatic carbocycles. The third-order valence-corrected chi connectivity index (χ3v) is 5.08. The maximum Gasteiger partial charge on any atom is 0.408 e. The molecule has 0 fully saturated rings. The molecule has 0 saturated heterocycles. The van der Waals surface area contributed by atoms with Crippen molar-refractivity contribution in [1.29, 1.82) is 0 Å². The molecule has 2 N–H and O–H groups in total. The molecule has 7 heteroatoms. The highest BCUT2D eigenvalue weighted by atomic mass is 16.6. The van der Waals surface area contributed by atoms with E-state index >= 15 is 0 Å². The molecule has 0 saturated carbocycles. The smallest absolute Gasteiger partial charge is 0.408 e. The number of nitrogens with zero attached hydrogens (tertiary/aromatic N) is 1. The van der Waals surface area contributed by atoms with Gasteiger partial charge in [-0.15, -0.1) is 0 Å². The molecule has 0 heterocycles. The largest absolute Gasteiger partial charge is 0.444 e. The predicted octanol–water partition coefficient (Wildman–Crippen LogP) is 5.14. The van der Waals surface area contributed by atoms with Crippen molar-refractivity contribution in [2.24, 2.45) is 0 Å². The summed E-state index contributed by atoms with van der Waals surface area (Å²) in [6.07, 6.45) is -0.689. The number of hydrogen-bond acceptors (Lipinski definition) is 4. The standard InChI is InChI=1S/C27H37N3O4/c1-18-13-15-20(16-14-18)23(24(32)29-21-12-10-9-11-19(21)2)30(26(3,4)5)22(31)17-28-25(33)34-27(6,7)8/h9-16,23H,17H2,1-8H3,(H,28,33)(H,29,32). The van der Waals surface area contributed by atoms with Crippen LogP contribution in [0.4, 0.5) is 10.5 Å². The van der Waals surface area contributed by atoms with Gasteiger partial charge in [0.05, 0.1) is 0 Å². The van der Waals surface area contributed by atoms with Crippen molar-refractivity contribution in [3.8, 4) is 0 Å². The zero-order valence-corrected chi connectivity index (χ0v) is 21.5. The number of hydrogen-bond donors (Lipinski definition) is 2. The van der Waals surface area contributed by atoms with Gasteiger partial charge in [-0.3, -0.25) is 9.59 Å². The Labute approximate surface area is 202 Å². The van der Waals surface area contributed by atoms with Gasteiger partial charge in [0.25, 0.3) is 5.91 Å². The number of alkyl carbamates (subject to hydrolysis) is 1. The zero-order chi connectivity index (χ0) is 25.7. The first kappa shape index (κ1) is 26.9. The lowest BCUT2D eigenvalue weighted by Crippen LogP contribution is -2.54. The van der Waals surface area contributed by atoms with Crippen LogP contribution >= 0.6 is 0 Å². The van der Waals surface area contributed by atoms with Gasteiger partial charge < -0.3 is 20.3 Å². The topological polar surface area (TPSA) is 87.7 Å². The average Bonchev–Trinajstić information content (AvgIpc) is 2.70. The van der Waals surface area contributed by atoms with E-state index in [0.717, 1.165) is 11.1 Å². The van der Waals surface area contributed by atoms with Crippen molar-refractivity contribution in [2.75, 3.05) is 11.9 Å². The SMILES string of the molecule is Cc1ccc(C(C(=O)Nc2ccccc2C)N(C(=O)CNC(=O)OC(C)(C)C)C(C)(C)C)cc1. The van der Waals surface area contributed by atoms with Gasteiger partial charge in [-0.25, -0.2) is 4.79 Å². The Kier molecular flexibility index (Phi) is 8.48. The van der Waals surface area contributed by atoms with Crippen LogP contribution in [0.15, 0.2) is 48.5 Å². The molecule has 0 aliphatic rings. The molecule has 0 spiro atoms. The number of nitrogens with one attached hydrogen (secondary N) is 2. The molecule has 0 aromatic heterocycles. The van der Waals surface area contributed by atoms with Crippen LogP contribution in [0, 0.1) is 13.8 Å². The highest BCUT2D eigenvalue weighted by Crippen LogP contribution is 2.31. The Morgan fingerprint density at radius 3 is 2.03 bits per heavy atom. The van der Waals surface area contributed by atoms with Crippen LogP contribution in [-0.4, -0.2) is 40.5 Å². The Balaban J connectivity index is 2.41. The van der Waals surface area contributed by atoms with Crippen molar-refractivity contribution < 1.29 is 19.1 Å². The number of anilines is 1. The quantitative estimate of drug-likeness (QED) is 0.616. The normalized spacial score (nSPS) is 12.5. The van der Waals surface area contributed by atoms with Gasteiger partial charge in [-0.05, 0) is 72.6 Å². The summed E-state index contributed by atoms with van der Waals surface area (Å²) in [5.41, 5.74) is 1.91. The first-order valence-electron chi connectivity index (χ1n) is 11.4. The summed E-state index contributed by atoms with van der Waals surface area (Å²) in [6.45, 7) is 14.4. The van der Waals surface area contributed by atoms with E-state index in [2.05, 4.69) is 10.6 Å². The lowest BCUT2D eigenvalue weighted by molar-refractivity contribution is -0.144. The molecule has 0 bridgehead atoms. The summed E-state index contributed by atoms with van der Waals surface area (Å²) in [7, 11) is 0. The molecule has 2 aromatic rings. The highest BCUT2D eigenvalue weighted by Gasteiger charge is 2.38. The van der Waals surface area contributed by atoms with E-state index in [1.54, 1.807) is 20.8 Å². The average molecular weight is 468 g/mol. The predicted molar refractivity (Wildman–Crippen MR) is 135 cm³/mol. The fourth-order valence-electron chi connectivity index (χ4n) is 3.53. The number of benzene rings is 2. The van der Waals surface area contributed by atoms with Gasteiger partial charge >= 0.3 is 6.09 Å². The van der Waals surface area contributed by atoms with E-state index < -0.39 is 29.2 Å². The fraction of sp³-hybridized carbons (Fsp3) is 0.444. The summed E-state index contributed by atoms with van der Waals surface area (Å²) in [5.74, 6) is -0.734. The molecule has 7 nitrogen and oxygen atoms in total. The molecule has 2 rings (SSSR count). The van der Waals surface area contributed by atoms with Crippen LogP contribution in [0.5, 0.6) is 0 Å². The van der Waals surface area contributed by atoms with Crippen LogP contribution in [0.25, 0.3) is 0 Å². The fourth-order valence-corrected chi connectivity index (χ4v) is 3.53. The maximum absolute atomic E-state index is 13.7. The lowest BCUT2D eigenvalue weighted by Gasteiger charge is -2.41. The van der Waals surface area contributed by atoms with E-state index in [-0.39, 0.29) is 12.5 Å². The highest BCUT2D eigenvalue weighted by molar-refractivity contribution is 5.99. The van der Waals surface area contributed by atoms with E-state index in [9.17, 15) is 14.4 Å². The molecule has 1 unspecified atom stereocenters. The van der Waals surface area contributed by atoms with Gasteiger partial charge in [-0.2, -0.15) is 0 Å². The number of ether oxygens (including phenoxy) is 1. The van der Waals surface area contributed by atoms with Crippen molar-refractivity contribution in [3.05, 3.63) is 65.2 Å². The van der Waals surface area contributed by atoms with Crippen molar-refractivity contribution >= 4 is 23.6 Å². The van der Waals surface area contributed by atoms with Crippen LogP contribution in [0.3, 0.4) is 0 Å². The minimum absolute atomic E-state index is 0.299. The molecule has 184 valence electrons. The van der Waals surface area contributed by atoms with Crippen molar-refractivity contribution in [2.45, 2.75) is 72.6 Å². The van der Waals surface area contributed by atoms with Gasteiger partial charge in [0.1, 0.15) is 18.2 Å². The molecular weight excluding hydrogens is 430 g/mol. The summed E-state index contributed by atoms with van der Waals surface area (Å²) in [5, 5.41) is 5.50. The summed E-state index contributed by atoms with van der Waals surface area (Å²) in [6, 6.07) is 14.1. The monoisotopic (exact) mass is 467 g/mol.